The first-order chi connectivity index (χ1) is 6.17. The van der Waals surface area contributed by atoms with Crippen LogP contribution in [0.3, 0.4) is 0 Å². The zero-order chi connectivity index (χ0) is 9.73. The zero-order valence-electron chi connectivity index (χ0n) is 7.73. The van der Waals surface area contributed by atoms with Gasteiger partial charge in [0.05, 0.1) is 25.6 Å². The molecule has 1 heterocycles. The molecule has 0 bridgehead atoms. The molecule has 0 unspecified atom stereocenters. The van der Waals surface area contributed by atoms with E-state index < -0.39 is 10.0 Å². The minimum atomic E-state index is -3.12. The lowest BCUT2D eigenvalue weighted by molar-refractivity contribution is 0.0727. The van der Waals surface area contributed by atoms with Gasteiger partial charge in [0, 0.05) is 20.2 Å². The second-order valence-corrected chi connectivity index (χ2v) is 4.91. The van der Waals surface area contributed by atoms with Crippen molar-refractivity contribution in [1.29, 1.82) is 0 Å². The Morgan fingerprint density at radius 1 is 1.38 bits per heavy atom. The van der Waals surface area contributed by atoms with E-state index in [0.29, 0.717) is 26.3 Å². The van der Waals surface area contributed by atoms with Crippen molar-refractivity contribution in [3.05, 3.63) is 0 Å². The van der Waals surface area contributed by atoms with E-state index in [-0.39, 0.29) is 12.4 Å². The van der Waals surface area contributed by atoms with Gasteiger partial charge in [0.2, 0.25) is 10.0 Å². The SMILES string of the molecule is COCCS(=O)(=O)N1CCOCC1. The van der Waals surface area contributed by atoms with Gasteiger partial charge in [0.25, 0.3) is 0 Å². The molecule has 0 aromatic carbocycles. The molecule has 0 atom stereocenters. The summed E-state index contributed by atoms with van der Waals surface area (Å²) >= 11 is 0. The van der Waals surface area contributed by atoms with Gasteiger partial charge >= 0.3 is 0 Å². The third kappa shape index (κ3) is 3.22. The predicted octanol–water partition coefficient (Wildman–Crippen LogP) is -0.705. The molecule has 0 aromatic rings. The fourth-order valence-electron chi connectivity index (χ4n) is 1.14. The van der Waals surface area contributed by atoms with E-state index in [4.69, 9.17) is 9.47 Å². The standard InChI is InChI=1S/C7H15NO4S/c1-11-6-7-13(9,10)8-2-4-12-5-3-8/h2-7H2,1H3. The van der Waals surface area contributed by atoms with E-state index in [2.05, 4.69) is 0 Å². The first-order valence-electron chi connectivity index (χ1n) is 4.21. The summed E-state index contributed by atoms with van der Waals surface area (Å²) in [6.45, 7) is 2.16. The molecule has 6 heteroatoms. The van der Waals surface area contributed by atoms with Gasteiger partial charge in [-0.15, -0.1) is 0 Å². The van der Waals surface area contributed by atoms with Crippen LogP contribution in [0.15, 0.2) is 0 Å². The second-order valence-electron chi connectivity index (χ2n) is 2.82. The minimum absolute atomic E-state index is 0.0590. The number of sulfonamides is 1. The first-order valence-corrected chi connectivity index (χ1v) is 5.82. The predicted molar refractivity (Wildman–Crippen MR) is 48.1 cm³/mol. The molecule has 1 aliphatic heterocycles. The van der Waals surface area contributed by atoms with Gasteiger partial charge in [0.1, 0.15) is 0 Å². The molecule has 0 spiro atoms. The van der Waals surface area contributed by atoms with Gasteiger partial charge in [-0.2, -0.15) is 4.31 Å². The number of nitrogens with zero attached hydrogens (tertiary/aromatic N) is 1. The molecular weight excluding hydrogens is 194 g/mol. The largest absolute Gasteiger partial charge is 0.384 e. The normalized spacial score (nSPS) is 20.4. The van der Waals surface area contributed by atoms with Crippen molar-refractivity contribution in [3.63, 3.8) is 0 Å². The molecule has 5 nitrogen and oxygen atoms in total. The number of hydrogen-bond donors (Lipinski definition) is 0. The maximum absolute atomic E-state index is 11.5. The van der Waals surface area contributed by atoms with E-state index in [1.54, 1.807) is 0 Å². The summed E-state index contributed by atoms with van der Waals surface area (Å²) in [6.07, 6.45) is 0. The second kappa shape index (κ2) is 4.90. The van der Waals surface area contributed by atoms with Gasteiger partial charge in [-0.3, -0.25) is 0 Å². The van der Waals surface area contributed by atoms with Crippen LogP contribution in [0.5, 0.6) is 0 Å². The highest BCUT2D eigenvalue weighted by molar-refractivity contribution is 7.89. The lowest BCUT2D eigenvalue weighted by atomic mass is 10.5. The molecule has 1 fully saturated rings. The minimum Gasteiger partial charge on any atom is -0.384 e. The Morgan fingerprint density at radius 2 is 2.00 bits per heavy atom. The quantitative estimate of drug-likeness (QED) is 0.614. The van der Waals surface area contributed by atoms with Crippen LogP contribution >= 0.6 is 0 Å². The van der Waals surface area contributed by atoms with Crippen LogP contribution in [0.4, 0.5) is 0 Å². The van der Waals surface area contributed by atoms with Crippen LogP contribution < -0.4 is 0 Å². The van der Waals surface area contributed by atoms with Crippen molar-refractivity contribution < 1.29 is 17.9 Å². The Bertz CT molecular complexity index is 233. The third-order valence-electron chi connectivity index (χ3n) is 1.91. The summed E-state index contributed by atoms with van der Waals surface area (Å²) in [5, 5.41) is 0. The van der Waals surface area contributed by atoms with Gasteiger partial charge in [-0.05, 0) is 0 Å². The monoisotopic (exact) mass is 209 g/mol. The summed E-state index contributed by atoms with van der Waals surface area (Å²) < 4.78 is 34.3. The van der Waals surface area contributed by atoms with E-state index in [1.165, 1.54) is 11.4 Å². The molecule has 13 heavy (non-hydrogen) atoms. The fraction of sp³-hybridized carbons (Fsp3) is 1.00. The molecule has 0 aliphatic carbocycles. The number of methoxy groups -OCH3 is 1. The van der Waals surface area contributed by atoms with E-state index >= 15 is 0 Å². The molecule has 0 saturated carbocycles. The Kier molecular flexibility index (Phi) is 4.11. The molecule has 0 aromatic heterocycles. The smallest absolute Gasteiger partial charge is 0.216 e. The number of morpholine rings is 1. The first kappa shape index (κ1) is 10.9. The number of rotatable bonds is 4. The van der Waals surface area contributed by atoms with Crippen LogP contribution in [0.25, 0.3) is 0 Å². The van der Waals surface area contributed by atoms with E-state index in [9.17, 15) is 8.42 Å². The van der Waals surface area contributed by atoms with Crippen LogP contribution in [-0.2, 0) is 19.5 Å². The summed E-state index contributed by atoms with van der Waals surface area (Å²) in [5.41, 5.74) is 0. The summed E-state index contributed by atoms with van der Waals surface area (Å²) in [6, 6.07) is 0. The van der Waals surface area contributed by atoms with Gasteiger partial charge in [-0.1, -0.05) is 0 Å². The highest BCUT2D eigenvalue weighted by Crippen LogP contribution is 2.05. The van der Waals surface area contributed by atoms with E-state index in [1.807, 2.05) is 0 Å². The van der Waals surface area contributed by atoms with Crippen molar-refractivity contribution in [3.8, 4) is 0 Å². The van der Waals surface area contributed by atoms with Crippen LogP contribution in [0, 0.1) is 0 Å². The molecule has 0 radical (unpaired) electrons. The Labute approximate surface area is 78.7 Å². The van der Waals surface area contributed by atoms with Crippen molar-refractivity contribution in [1.82, 2.24) is 4.31 Å². The van der Waals surface area contributed by atoms with E-state index in [0.717, 1.165) is 0 Å². The van der Waals surface area contributed by atoms with Crippen LogP contribution in [-0.4, -0.2) is 58.5 Å². The van der Waals surface area contributed by atoms with Gasteiger partial charge in [0.15, 0.2) is 0 Å². The number of ether oxygens (including phenoxy) is 2. The Hall–Kier alpha value is -0.170. The summed E-state index contributed by atoms with van der Waals surface area (Å²) in [5.74, 6) is 0.0590. The Balaban J connectivity index is 2.47. The average molecular weight is 209 g/mol. The highest BCUT2D eigenvalue weighted by Gasteiger charge is 2.23. The van der Waals surface area contributed by atoms with Crippen molar-refractivity contribution >= 4 is 10.0 Å². The van der Waals surface area contributed by atoms with Gasteiger partial charge < -0.3 is 9.47 Å². The average Bonchev–Trinajstić information content (AvgIpc) is 2.16. The van der Waals surface area contributed by atoms with Crippen molar-refractivity contribution in [2.75, 3.05) is 45.8 Å². The van der Waals surface area contributed by atoms with Crippen LogP contribution in [0.1, 0.15) is 0 Å². The number of hydrogen-bond acceptors (Lipinski definition) is 4. The summed E-state index contributed by atoms with van der Waals surface area (Å²) in [7, 11) is -1.62. The molecular formula is C7H15NO4S. The lowest BCUT2D eigenvalue weighted by Gasteiger charge is -2.25. The topological polar surface area (TPSA) is 55.8 Å². The molecule has 0 amide bonds. The summed E-state index contributed by atoms with van der Waals surface area (Å²) in [4.78, 5) is 0. The molecule has 1 aliphatic rings. The molecule has 78 valence electrons. The van der Waals surface area contributed by atoms with Crippen molar-refractivity contribution in [2.45, 2.75) is 0 Å². The van der Waals surface area contributed by atoms with Gasteiger partial charge in [-0.25, -0.2) is 8.42 Å². The van der Waals surface area contributed by atoms with Crippen LogP contribution in [0.2, 0.25) is 0 Å². The highest BCUT2D eigenvalue weighted by atomic mass is 32.2. The maximum atomic E-state index is 11.5. The van der Waals surface area contributed by atoms with Crippen molar-refractivity contribution in [2.24, 2.45) is 0 Å². The Morgan fingerprint density at radius 3 is 2.54 bits per heavy atom. The molecule has 0 N–H and O–H groups in total. The molecule has 1 saturated heterocycles. The zero-order valence-corrected chi connectivity index (χ0v) is 8.55. The fourth-order valence-corrected chi connectivity index (χ4v) is 2.48. The molecule has 1 rings (SSSR count). The maximum Gasteiger partial charge on any atom is 0.216 e. The lowest BCUT2D eigenvalue weighted by Crippen LogP contribution is -2.42. The third-order valence-corrected chi connectivity index (χ3v) is 3.74.